The van der Waals surface area contributed by atoms with Gasteiger partial charge in [0.15, 0.2) is 0 Å². The molecule has 0 aliphatic carbocycles. The van der Waals surface area contributed by atoms with Crippen LogP contribution in [0.5, 0.6) is 0 Å². The Morgan fingerprint density at radius 3 is 2.81 bits per heavy atom. The highest BCUT2D eigenvalue weighted by Crippen LogP contribution is 2.25. The summed E-state index contributed by atoms with van der Waals surface area (Å²) < 4.78 is 6.22. The van der Waals surface area contributed by atoms with Crippen LogP contribution in [0.4, 0.5) is 0 Å². The lowest BCUT2D eigenvalue weighted by atomic mass is 10.2. The highest BCUT2D eigenvalue weighted by atomic mass is 32.1. The van der Waals surface area contributed by atoms with Gasteiger partial charge in [0, 0.05) is 17.0 Å². The summed E-state index contributed by atoms with van der Waals surface area (Å²) in [5, 5.41) is 0.671. The fourth-order valence-electron chi connectivity index (χ4n) is 2.11. The molecule has 6 heteroatoms. The number of aryl methyl sites for hydroxylation is 2. The maximum atomic E-state index is 12.5. The molecule has 5 nitrogen and oxygen atoms in total. The molecule has 2 rings (SSSR count). The third-order valence-electron chi connectivity index (χ3n) is 3.52. The van der Waals surface area contributed by atoms with Crippen molar-refractivity contribution in [1.82, 2.24) is 9.55 Å². The molecule has 0 N–H and O–H groups in total. The van der Waals surface area contributed by atoms with Crippen molar-refractivity contribution in [3.63, 3.8) is 0 Å². The Kier molecular flexibility index (Phi) is 4.57. The molecule has 0 amide bonds. The Morgan fingerprint density at radius 2 is 2.19 bits per heavy atom. The zero-order chi connectivity index (χ0) is 15.6. The fourth-order valence-corrected chi connectivity index (χ4v) is 3.10. The van der Waals surface area contributed by atoms with Crippen molar-refractivity contribution in [2.24, 2.45) is 0 Å². The number of methoxy groups -OCH3 is 1. The van der Waals surface area contributed by atoms with Crippen LogP contribution in [0.2, 0.25) is 0 Å². The van der Waals surface area contributed by atoms with Gasteiger partial charge in [-0.3, -0.25) is 9.36 Å². The number of fused-ring (bicyclic) bond motifs is 1. The molecule has 2 aromatic rings. The molecule has 2 aromatic heterocycles. The summed E-state index contributed by atoms with van der Waals surface area (Å²) >= 11 is 1.53. The lowest BCUT2D eigenvalue weighted by molar-refractivity contribution is -0.136. The number of nitrogens with zero attached hydrogens (tertiary/aromatic N) is 2. The second-order valence-corrected chi connectivity index (χ2v) is 5.94. The van der Waals surface area contributed by atoms with Crippen LogP contribution in [0.15, 0.2) is 22.8 Å². The number of esters is 1. The summed E-state index contributed by atoms with van der Waals surface area (Å²) in [6.45, 7) is 6.11. The first-order valence-electron chi connectivity index (χ1n) is 6.72. The second-order valence-electron chi connectivity index (χ2n) is 4.74. The monoisotopic (exact) mass is 306 g/mol. The normalized spacial score (nSPS) is 11.9. The molecule has 0 bridgehead atoms. The van der Waals surface area contributed by atoms with E-state index in [-0.39, 0.29) is 11.5 Å². The van der Waals surface area contributed by atoms with E-state index in [4.69, 9.17) is 4.74 Å². The standard InChI is InChI=1S/C15H18N2O3S/c1-5-11(15(19)20-4)6-7-17-8-16-13-12(14(17)18)9(2)10(3)21-13/h6,8H,5,7H2,1-4H3. The summed E-state index contributed by atoms with van der Waals surface area (Å²) in [6, 6.07) is 0. The molecule has 0 radical (unpaired) electrons. The minimum absolute atomic E-state index is 0.0709. The number of carbonyl (C=O) groups is 1. The van der Waals surface area contributed by atoms with Crippen molar-refractivity contribution in [3.8, 4) is 0 Å². The van der Waals surface area contributed by atoms with Crippen LogP contribution in [-0.2, 0) is 16.1 Å². The van der Waals surface area contributed by atoms with E-state index < -0.39 is 0 Å². The molecule has 112 valence electrons. The van der Waals surface area contributed by atoms with E-state index in [1.807, 2.05) is 20.8 Å². The van der Waals surface area contributed by atoms with Gasteiger partial charge >= 0.3 is 5.97 Å². The topological polar surface area (TPSA) is 61.2 Å². The molecule has 21 heavy (non-hydrogen) atoms. The van der Waals surface area contributed by atoms with Crippen LogP contribution in [0, 0.1) is 13.8 Å². The van der Waals surface area contributed by atoms with Crippen LogP contribution in [-0.4, -0.2) is 22.6 Å². The Bertz CT molecular complexity index is 771. The smallest absolute Gasteiger partial charge is 0.333 e. The summed E-state index contributed by atoms with van der Waals surface area (Å²) in [5.74, 6) is -0.359. The molecule has 0 aliphatic rings. The number of hydrogen-bond acceptors (Lipinski definition) is 5. The second kappa shape index (κ2) is 6.22. The number of carbonyl (C=O) groups excluding carboxylic acids is 1. The number of aromatic nitrogens is 2. The highest BCUT2D eigenvalue weighted by molar-refractivity contribution is 7.18. The summed E-state index contributed by atoms with van der Waals surface area (Å²) in [7, 11) is 1.35. The van der Waals surface area contributed by atoms with Gasteiger partial charge in [-0.25, -0.2) is 9.78 Å². The molecule has 0 unspecified atom stereocenters. The number of ether oxygens (including phenoxy) is 1. The van der Waals surface area contributed by atoms with Gasteiger partial charge in [-0.2, -0.15) is 0 Å². The average Bonchev–Trinajstić information content (AvgIpc) is 2.77. The highest BCUT2D eigenvalue weighted by Gasteiger charge is 2.12. The first-order valence-corrected chi connectivity index (χ1v) is 7.53. The van der Waals surface area contributed by atoms with Crippen LogP contribution >= 0.6 is 11.3 Å². The largest absolute Gasteiger partial charge is 0.466 e. The molecule has 0 aromatic carbocycles. The number of hydrogen-bond donors (Lipinski definition) is 0. The Labute approximate surface area is 126 Å². The summed E-state index contributed by atoms with van der Waals surface area (Å²) in [5.41, 5.74) is 1.47. The molecule has 0 saturated heterocycles. The van der Waals surface area contributed by atoms with Gasteiger partial charge in [0.2, 0.25) is 0 Å². The van der Waals surface area contributed by atoms with Gasteiger partial charge in [0.25, 0.3) is 5.56 Å². The van der Waals surface area contributed by atoms with E-state index in [2.05, 4.69) is 4.98 Å². The van der Waals surface area contributed by atoms with Gasteiger partial charge in [-0.15, -0.1) is 11.3 Å². The molecule has 0 atom stereocenters. The molecular weight excluding hydrogens is 288 g/mol. The van der Waals surface area contributed by atoms with Crippen molar-refractivity contribution in [3.05, 3.63) is 38.8 Å². The molecular formula is C15H18N2O3S. The van der Waals surface area contributed by atoms with E-state index >= 15 is 0 Å². The van der Waals surface area contributed by atoms with E-state index in [1.165, 1.54) is 29.3 Å². The summed E-state index contributed by atoms with van der Waals surface area (Å²) in [6.07, 6.45) is 3.81. The van der Waals surface area contributed by atoms with E-state index in [0.717, 1.165) is 15.3 Å². The van der Waals surface area contributed by atoms with E-state index in [0.29, 0.717) is 23.9 Å². The van der Waals surface area contributed by atoms with Crippen LogP contribution in [0.3, 0.4) is 0 Å². The summed E-state index contributed by atoms with van der Waals surface area (Å²) in [4.78, 5) is 30.2. The van der Waals surface area contributed by atoms with Crippen molar-refractivity contribution in [2.75, 3.05) is 7.11 Å². The quantitative estimate of drug-likeness (QED) is 0.643. The number of allylic oxidation sites excluding steroid dienone is 1. The third-order valence-corrected chi connectivity index (χ3v) is 4.63. The first-order chi connectivity index (χ1) is 9.99. The lowest BCUT2D eigenvalue weighted by Gasteiger charge is -2.05. The predicted octanol–water partition coefficient (Wildman–Crippen LogP) is 2.58. The fraction of sp³-hybridized carbons (Fsp3) is 0.400. The molecule has 0 spiro atoms. The van der Waals surface area contributed by atoms with Crippen molar-refractivity contribution < 1.29 is 9.53 Å². The zero-order valence-electron chi connectivity index (χ0n) is 12.6. The molecule has 0 saturated carbocycles. The Balaban J connectivity index is 2.42. The SMILES string of the molecule is CCC(=CCn1cnc2sc(C)c(C)c2c1=O)C(=O)OC. The van der Waals surface area contributed by atoms with Gasteiger partial charge in [-0.1, -0.05) is 13.0 Å². The lowest BCUT2D eigenvalue weighted by Crippen LogP contribution is -2.20. The van der Waals surface area contributed by atoms with Crippen LogP contribution in [0.25, 0.3) is 10.2 Å². The first kappa shape index (κ1) is 15.4. The molecule has 2 heterocycles. The van der Waals surface area contributed by atoms with Crippen LogP contribution in [0.1, 0.15) is 23.8 Å². The Hall–Kier alpha value is -1.95. The Morgan fingerprint density at radius 1 is 1.48 bits per heavy atom. The third kappa shape index (κ3) is 2.90. The number of rotatable bonds is 4. The molecule has 0 aliphatic heterocycles. The minimum atomic E-state index is -0.359. The van der Waals surface area contributed by atoms with Crippen LogP contribution < -0.4 is 5.56 Å². The predicted molar refractivity (Wildman–Crippen MR) is 83.7 cm³/mol. The molecule has 0 fully saturated rings. The number of thiophene rings is 1. The average molecular weight is 306 g/mol. The van der Waals surface area contributed by atoms with Gasteiger partial charge in [0.1, 0.15) is 4.83 Å². The van der Waals surface area contributed by atoms with E-state index in [1.54, 1.807) is 6.08 Å². The maximum Gasteiger partial charge on any atom is 0.333 e. The van der Waals surface area contributed by atoms with Gasteiger partial charge in [-0.05, 0) is 25.8 Å². The zero-order valence-corrected chi connectivity index (χ0v) is 13.4. The van der Waals surface area contributed by atoms with Crippen molar-refractivity contribution in [1.29, 1.82) is 0 Å². The van der Waals surface area contributed by atoms with E-state index in [9.17, 15) is 9.59 Å². The van der Waals surface area contributed by atoms with Crippen molar-refractivity contribution in [2.45, 2.75) is 33.7 Å². The van der Waals surface area contributed by atoms with Gasteiger partial charge < -0.3 is 4.74 Å². The van der Waals surface area contributed by atoms with Gasteiger partial charge in [0.05, 0.1) is 18.8 Å². The van der Waals surface area contributed by atoms with Crippen molar-refractivity contribution >= 4 is 27.5 Å². The maximum absolute atomic E-state index is 12.5. The minimum Gasteiger partial charge on any atom is -0.466 e.